The van der Waals surface area contributed by atoms with Crippen molar-refractivity contribution in [2.45, 2.75) is 57.7 Å². The topological polar surface area (TPSA) is 94.8 Å². The van der Waals surface area contributed by atoms with E-state index in [2.05, 4.69) is 0 Å². The van der Waals surface area contributed by atoms with Gasteiger partial charge in [-0.1, -0.05) is 6.92 Å². The Bertz CT molecular complexity index is 375. The summed E-state index contributed by atoms with van der Waals surface area (Å²) in [5.41, 5.74) is -2.48. The summed E-state index contributed by atoms with van der Waals surface area (Å²) in [5.74, 6) is -1.24. The molecule has 0 aromatic heterocycles. The molecular weight excluding hydrogens is 238 g/mol. The lowest BCUT2D eigenvalue weighted by Crippen LogP contribution is -2.76. The van der Waals surface area contributed by atoms with Crippen LogP contribution in [0.25, 0.3) is 0 Å². The Hall–Kier alpha value is -1.14. The third-order valence-electron chi connectivity index (χ3n) is 4.35. The third kappa shape index (κ3) is 1.48. The molecule has 0 bridgehead atoms. The lowest BCUT2D eigenvalue weighted by Gasteiger charge is -2.49. The summed E-state index contributed by atoms with van der Waals surface area (Å²) >= 11 is 0. The molecule has 0 radical (unpaired) electrons. The van der Waals surface area contributed by atoms with Gasteiger partial charge in [0.05, 0.1) is 6.54 Å². The molecule has 0 aromatic rings. The van der Waals surface area contributed by atoms with Gasteiger partial charge >= 0.3 is 12.1 Å². The molecule has 1 aliphatic heterocycles. The first-order valence-electron chi connectivity index (χ1n) is 6.11. The van der Waals surface area contributed by atoms with E-state index in [1.54, 1.807) is 27.7 Å². The Morgan fingerprint density at radius 3 is 2.06 bits per heavy atom. The highest BCUT2D eigenvalue weighted by molar-refractivity contribution is 5.81. The van der Waals surface area contributed by atoms with Crippen LogP contribution < -0.4 is 0 Å². The molecular formula is C12H22NO5+. The maximum Gasteiger partial charge on any atom is 0.514 e. The molecule has 1 rings (SSSR count). The van der Waals surface area contributed by atoms with Crippen LogP contribution in [0.1, 0.15) is 40.5 Å². The quantitative estimate of drug-likeness (QED) is 0.650. The van der Waals surface area contributed by atoms with Gasteiger partial charge in [-0.05, 0) is 20.8 Å². The number of carboxylic acid groups (broad SMARTS) is 2. The molecule has 0 aliphatic carbocycles. The average Bonchev–Trinajstić information content (AvgIpc) is 2.52. The standard InChI is InChI=1S/C12H21NO5/c1-5-12(9(15)16)8(14)6-7-13(12,10(17)18)11(2,3)4/h8,14H,5-7H2,1-4H3,(H-,15,16,17,18)/p+1/t8-,12-,13?/m0/s1. The van der Waals surface area contributed by atoms with Crippen LogP contribution in [-0.4, -0.2) is 55.6 Å². The number of aliphatic hydroxyl groups excluding tert-OH is 1. The zero-order chi connectivity index (χ0) is 14.4. The normalized spacial score (nSPS) is 36.6. The molecule has 1 fully saturated rings. The first-order chi connectivity index (χ1) is 8.08. The van der Waals surface area contributed by atoms with Crippen LogP contribution in [0.3, 0.4) is 0 Å². The van der Waals surface area contributed by atoms with Crippen LogP contribution in [0.15, 0.2) is 0 Å². The maximum atomic E-state index is 11.8. The number of hydrogen-bond donors (Lipinski definition) is 3. The summed E-state index contributed by atoms with van der Waals surface area (Å²) in [7, 11) is 0. The van der Waals surface area contributed by atoms with E-state index in [9.17, 15) is 24.9 Å². The predicted octanol–water partition coefficient (Wildman–Crippen LogP) is 1.28. The van der Waals surface area contributed by atoms with Crippen molar-refractivity contribution in [1.82, 2.24) is 0 Å². The molecule has 1 aliphatic rings. The smallest absolute Gasteiger partial charge is 0.477 e. The van der Waals surface area contributed by atoms with Gasteiger partial charge in [-0.3, -0.25) is 0 Å². The monoisotopic (exact) mass is 260 g/mol. The number of carboxylic acids is 1. The van der Waals surface area contributed by atoms with Crippen molar-refractivity contribution < 1.29 is 29.4 Å². The van der Waals surface area contributed by atoms with Gasteiger partial charge < -0.3 is 15.3 Å². The van der Waals surface area contributed by atoms with E-state index >= 15 is 0 Å². The van der Waals surface area contributed by atoms with E-state index < -0.39 is 33.7 Å². The van der Waals surface area contributed by atoms with Crippen LogP contribution in [0.5, 0.6) is 0 Å². The Kier molecular flexibility index (Phi) is 3.49. The van der Waals surface area contributed by atoms with Crippen LogP contribution in [-0.2, 0) is 4.79 Å². The van der Waals surface area contributed by atoms with Crippen LogP contribution in [0.4, 0.5) is 4.79 Å². The lowest BCUT2D eigenvalue weighted by molar-refractivity contribution is -0.932. The van der Waals surface area contributed by atoms with Crippen molar-refractivity contribution >= 4 is 12.1 Å². The van der Waals surface area contributed by atoms with Gasteiger partial charge in [0.25, 0.3) is 0 Å². The molecule has 3 atom stereocenters. The zero-order valence-electron chi connectivity index (χ0n) is 11.3. The molecule has 1 heterocycles. The number of carbonyl (C=O) groups is 2. The van der Waals surface area contributed by atoms with Crippen molar-refractivity contribution in [3.63, 3.8) is 0 Å². The van der Waals surface area contributed by atoms with Gasteiger partial charge in [-0.2, -0.15) is 4.79 Å². The van der Waals surface area contributed by atoms with E-state index in [4.69, 9.17) is 0 Å². The molecule has 1 amide bonds. The van der Waals surface area contributed by atoms with Crippen molar-refractivity contribution in [3.05, 3.63) is 0 Å². The first kappa shape index (κ1) is 14.9. The van der Waals surface area contributed by atoms with Gasteiger partial charge in [0.15, 0.2) is 0 Å². The number of rotatable bonds is 2. The average molecular weight is 260 g/mol. The van der Waals surface area contributed by atoms with E-state index in [0.29, 0.717) is 0 Å². The van der Waals surface area contributed by atoms with Crippen molar-refractivity contribution in [2.24, 2.45) is 0 Å². The second-order valence-electron chi connectivity index (χ2n) is 5.87. The molecule has 18 heavy (non-hydrogen) atoms. The SMILES string of the molecule is CC[C@@]1(C(=O)O)[C@@H](O)CC[N+]1(C(=O)O)C(C)(C)C. The number of aliphatic carboxylic acids is 1. The first-order valence-corrected chi connectivity index (χ1v) is 6.11. The number of hydrogen-bond acceptors (Lipinski definition) is 3. The molecule has 0 spiro atoms. The highest BCUT2D eigenvalue weighted by Crippen LogP contribution is 2.46. The van der Waals surface area contributed by atoms with Gasteiger partial charge in [0.2, 0.25) is 5.54 Å². The molecule has 104 valence electrons. The van der Waals surface area contributed by atoms with Crippen molar-refractivity contribution in [2.75, 3.05) is 6.54 Å². The Labute approximate surface area is 106 Å². The predicted molar refractivity (Wildman–Crippen MR) is 64.2 cm³/mol. The number of nitrogens with zero attached hydrogens (tertiary/aromatic N) is 1. The van der Waals surface area contributed by atoms with E-state index in [0.717, 1.165) is 0 Å². The minimum absolute atomic E-state index is 0.0765. The van der Waals surface area contributed by atoms with Crippen LogP contribution in [0, 0.1) is 0 Å². The Balaban J connectivity index is 3.61. The van der Waals surface area contributed by atoms with Crippen LogP contribution >= 0.6 is 0 Å². The van der Waals surface area contributed by atoms with Gasteiger partial charge in [-0.15, -0.1) is 0 Å². The summed E-state index contributed by atoms with van der Waals surface area (Å²) < 4.78 is -0.632. The Morgan fingerprint density at radius 2 is 1.83 bits per heavy atom. The summed E-state index contributed by atoms with van der Waals surface area (Å²) in [6.45, 7) is 6.84. The van der Waals surface area contributed by atoms with Crippen molar-refractivity contribution in [3.8, 4) is 0 Å². The molecule has 1 unspecified atom stereocenters. The van der Waals surface area contributed by atoms with Crippen molar-refractivity contribution in [1.29, 1.82) is 0 Å². The second kappa shape index (κ2) is 4.20. The fourth-order valence-electron chi connectivity index (χ4n) is 3.46. The Morgan fingerprint density at radius 1 is 1.33 bits per heavy atom. The maximum absolute atomic E-state index is 11.8. The molecule has 6 heteroatoms. The molecule has 3 N–H and O–H groups in total. The lowest BCUT2D eigenvalue weighted by atomic mass is 9.84. The van der Waals surface area contributed by atoms with Gasteiger partial charge in [-0.25, -0.2) is 9.28 Å². The number of quaternary nitrogens is 1. The van der Waals surface area contributed by atoms with Gasteiger partial charge in [0.1, 0.15) is 11.6 Å². The minimum Gasteiger partial charge on any atom is -0.477 e. The van der Waals surface area contributed by atoms with E-state index in [1.165, 1.54) is 0 Å². The molecule has 1 saturated heterocycles. The summed E-state index contributed by atoms with van der Waals surface area (Å²) in [5, 5.41) is 29.3. The van der Waals surface area contributed by atoms with E-state index in [-0.39, 0.29) is 19.4 Å². The number of aliphatic hydroxyl groups is 1. The van der Waals surface area contributed by atoms with Crippen LogP contribution in [0.2, 0.25) is 0 Å². The fraction of sp³-hybridized carbons (Fsp3) is 0.833. The highest BCUT2D eigenvalue weighted by atomic mass is 16.4. The van der Waals surface area contributed by atoms with E-state index in [1.807, 2.05) is 0 Å². The highest BCUT2D eigenvalue weighted by Gasteiger charge is 2.73. The summed E-state index contributed by atoms with van der Waals surface area (Å²) in [6.07, 6.45) is -2.07. The third-order valence-corrected chi connectivity index (χ3v) is 4.35. The molecule has 0 aromatic carbocycles. The number of amides is 1. The zero-order valence-corrected chi connectivity index (χ0v) is 11.3. The van der Waals surface area contributed by atoms with Gasteiger partial charge in [0, 0.05) is 12.8 Å². The molecule has 6 nitrogen and oxygen atoms in total. The minimum atomic E-state index is -1.68. The number of likely N-dealkylation sites (tertiary alicyclic amines) is 1. The largest absolute Gasteiger partial charge is 0.514 e. The fourth-order valence-corrected chi connectivity index (χ4v) is 3.46. The second-order valence-corrected chi connectivity index (χ2v) is 5.87. The molecule has 0 saturated carbocycles. The summed E-state index contributed by atoms with van der Waals surface area (Å²) in [4.78, 5) is 23.5. The summed E-state index contributed by atoms with van der Waals surface area (Å²) in [6, 6.07) is 0.